The molecule has 1 aromatic rings. The van der Waals surface area contributed by atoms with E-state index in [-0.39, 0.29) is 18.2 Å². The van der Waals surface area contributed by atoms with Crippen LogP contribution in [0.25, 0.3) is 0 Å². The van der Waals surface area contributed by atoms with Crippen molar-refractivity contribution in [3.8, 4) is 12.1 Å². The normalized spacial score (nSPS) is 26.8. The van der Waals surface area contributed by atoms with Gasteiger partial charge in [0.15, 0.2) is 5.41 Å². The number of amides is 2. The Hall–Kier alpha value is -2.70. The third-order valence-corrected chi connectivity index (χ3v) is 5.38. The first kappa shape index (κ1) is 17.1. The van der Waals surface area contributed by atoms with E-state index in [0.29, 0.717) is 6.54 Å². The summed E-state index contributed by atoms with van der Waals surface area (Å²) < 4.78 is 0. The average Bonchev–Trinajstić information content (AvgIpc) is 3.11. The highest BCUT2D eigenvalue weighted by atomic mass is 16.2. The summed E-state index contributed by atoms with van der Waals surface area (Å²) in [6.07, 6.45) is 0.221. The molecule has 0 aromatic heterocycles. The Kier molecular flexibility index (Phi) is 3.89. The highest BCUT2D eigenvalue weighted by Gasteiger charge is 2.70. The lowest BCUT2D eigenvalue weighted by Gasteiger charge is -2.35. The van der Waals surface area contributed by atoms with Gasteiger partial charge in [0, 0.05) is 24.4 Å². The molecule has 2 aliphatic rings. The van der Waals surface area contributed by atoms with Crippen LogP contribution in [0.3, 0.4) is 0 Å². The van der Waals surface area contributed by atoms with Crippen molar-refractivity contribution in [2.45, 2.75) is 39.3 Å². The molecular weight excluding hydrogens is 316 g/mol. The highest BCUT2D eigenvalue weighted by Crippen LogP contribution is 2.59. The van der Waals surface area contributed by atoms with E-state index in [0.717, 1.165) is 5.56 Å². The molecule has 0 radical (unpaired) electrons. The van der Waals surface area contributed by atoms with Gasteiger partial charge < -0.3 is 0 Å². The van der Waals surface area contributed by atoms with Gasteiger partial charge in [-0.05, 0) is 19.4 Å². The predicted octanol–water partition coefficient (Wildman–Crippen LogP) is 2.24. The lowest BCUT2D eigenvalue weighted by molar-refractivity contribution is -0.162. The smallest absolute Gasteiger partial charge is 0.250 e. The van der Waals surface area contributed by atoms with Gasteiger partial charge in [-0.2, -0.15) is 10.5 Å². The summed E-state index contributed by atoms with van der Waals surface area (Å²) in [7, 11) is 0. The van der Waals surface area contributed by atoms with Crippen LogP contribution in [0, 0.1) is 39.9 Å². The molecule has 1 saturated heterocycles. The number of carbonyl (C=O) groups excluding carboxylic acids is 2. The third kappa shape index (κ3) is 2.50. The van der Waals surface area contributed by atoms with Gasteiger partial charge >= 0.3 is 0 Å². The van der Waals surface area contributed by atoms with Crippen molar-refractivity contribution in [3.63, 3.8) is 0 Å². The summed E-state index contributed by atoms with van der Waals surface area (Å²) in [4.78, 5) is 25.6. The van der Waals surface area contributed by atoms with Crippen molar-refractivity contribution in [3.05, 3.63) is 35.9 Å². The van der Waals surface area contributed by atoms with Crippen LogP contribution in [0.15, 0.2) is 30.3 Å². The zero-order valence-corrected chi connectivity index (χ0v) is 14.6. The molecule has 1 saturated carbocycles. The maximum absolute atomic E-state index is 13.0. The summed E-state index contributed by atoms with van der Waals surface area (Å²) >= 11 is 0. The van der Waals surface area contributed by atoms with Crippen LogP contribution in [-0.4, -0.2) is 27.4 Å². The fourth-order valence-corrected chi connectivity index (χ4v) is 3.69. The number of rotatable bonds is 3. The van der Waals surface area contributed by atoms with Crippen LogP contribution in [0.2, 0.25) is 0 Å². The van der Waals surface area contributed by atoms with Gasteiger partial charge in [-0.1, -0.05) is 37.3 Å². The standard InChI is InChI=1S/C19H20N4O2/c1-13-16(19(13,11-20)12-21)17(25)23-15(24)9-18(2,3)22(23)10-14-7-5-4-6-8-14/h4-8,13,16H,9-10H2,1-3H3/t13-,16?/m0/s1. The molecule has 6 heteroatoms. The summed E-state index contributed by atoms with van der Waals surface area (Å²) in [5, 5.41) is 21.6. The molecule has 128 valence electrons. The van der Waals surface area contributed by atoms with E-state index in [1.54, 1.807) is 11.9 Å². The summed E-state index contributed by atoms with van der Waals surface area (Å²) in [6, 6.07) is 13.5. The lowest BCUT2D eigenvalue weighted by atomic mass is 10.0. The lowest BCUT2D eigenvalue weighted by Crippen LogP contribution is -2.50. The van der Waals surface area contributed by atoms with Gasteiger partial charge in [-0.25, -0.2) is 10.0 Å². The average molecular weight is 336 g/mol. The monoisotopic (exact) mass is 336 g/mol. The first-order chi connectivity index (χ1) is 11.8. The maximum atomic E-state index is 13.0. The minimum atomic E-state index is -1.32. The van der Waals surface area contributed by atoms with Gasteiger partial charge in [0.1, 0.15) is 0 Å². The molecule has 1 aliphatic heterocycles. The number of hydrogen-bond acceptors (Lipinski definition) is 5. The first-order valence-electron chi connectivity index (χ1n) is 8.29. The Morgan fingerprint density at radius 2 is 1.84 bits per heavy atom. The molecular formula is C19H20N4O2. The van der Waals surface area contributed by atoms with Crippen molar-refractivity contribution in [1.29, 1.82) is 10.5 Å². The molecule has 1 unspecified atom stereocenters. The maximum Gasteiger partial charge on any atom is 0.250 e. The number of nitrogens with zero attached hydrogens (tertiary/aromatic N) is 4. The van der Waals surface area contributed by atoms with Crippen LogP contribution >= 0.6 is 0 Å². The van der Waals surface area contributed by atoms with E-state index < -0.39 is 22.8 Å². The van der Waals surface area contributed by atoms with Crippen molar-refractivity contribution >= 4 is 11.8 Å². The fraction of sp³-hybridized carbons (Fsp3) is 0.474. The molecule has 0 spiro atoms. The zero-order chi connectivity index (χ0) is 18.4. The highest BCUT2D eigenvalue weighted by molar-refractivity contribution is 6.00. The molecule has 1 aromatic carbocycles. The van der Waals surface area contributed by atoms with E-state index in [4.69, 9.17) is 0 Å². The third-order valence-electron chi connectivity index (χ3n) is 5.38. The van der Waals surface area contributed by atoms with E-state index in [1.165, 1.54) is 5.01 Å². The van der Waals surface area contributed by atoms with Crippen LogP contribution in [0.4, 0.5) is 0 Å². The number of hydrazine groups is 1. The predicted molar refractivity (Wildman–Crippen MR) is 88.8 cm³/mol. The summed E-state index contributed by atoms with van der Waals surface area (Å²) in [5.74, 6) is -1.85. The van der Waals surface area contributed by atoms with E-state index in [1.807, 2.05) is 56.3 Å². The summed E-state index contributed by atoms with van der Waals surface area (Å²) in [6.45, 7) is 5.96. The van der Waals surface area contributed by atoms with Crippen LogP contribution < -0.4 is 0 Å². The Balaban J connectivity index is 1.91. The first-order valence-corrected chi connectivity index (χ1v) is 8.29. The topological polar surface area (TPSA) is 88.2 Å². The molecule has 1 heterocycles. The Bertz CT molecular complexity index is 789. The fourth-order valence-electron chi connectivity index (χ4n) is 3.69. The van der Waals surface area contributed by atoms with Crippen molar-refractivity contribution < 1.29 is 9.59 Å². The molecule has 1 aliphatic carbocycles. The SMILES string of the molecule is C[C@H]1C(C(=O)N2C(=O)CC(C)(C)N2Cc2ccccc2)C1(C#N)C#N. The van der Waals surface area contributed by atoms with Crippen molar-refractivity contribution in [2.75, 3.05) is 0 Å². The second kappa shape index (κ2) is 5.68. The van der Waals surface area contributed by atoms with Gasteiger partial charge in [-0.15, -0.1) is 0 Å². The van der Waals surface area contributed by atoms with Gasteiger partial charge in [0.2, 0.25) is 11.8 Å². The number of nitriles is 2. The Morgan fingerprint density at radius 1 is 1.24 bits per heavy atom. The quantitative estimate of drug-likeness (QED) is 0.790. The number of hydrogen-bond donors (Lipinski definition) is 0. The second-order valence-corrected chi connectivity index (χ2v) is 7.44. The zero-order valence-electron chi connectivity index (χ0n) is 14.6. The largest absolute Gasteiger partial charge is 0.273 e. The molecule has 6 nitrogen and oxygen atoms in total. The molecule has 25 heavy (non-hydrogen) atoms. The number of imide groups is 1. The van der Waals surface area contributed by atoms with E-state index in [9.17, 15) is 20.1 Å². The minimum absolute atomic E-state index is 0.221. The second-order valence-electron chi connectivity index (χ2n) is 7.44. The molecule has 3 rings (SSSR count). The van der Waals surface area contributed by atoms with Gasteiger partial charge in [0.25, 0.3) is 0 Å². The molecule has 2 amide bonds. The molecule has 2 atom stereocenters. The van der Waals surface area contributed by atoms with Gasteiger partial charge in [0.05, 0.1) is 18.1 Å². The van der Waals surface area contributed by atoms with E-state index in [2.05, 4.69) is 0 Å². The minimum Gasteiger partial charge on any atom is -0.273 e. The van der Waals surface area contributed by atoms with Crippen LogP contribution in [0.5, 0.6) is 0 Å². The Morgan fingerprint density at radius 3 is 2.36 bits per heavy atom. The van der Waals surface area contributed by atoms with Crippen LogP contribution in [0.1, 0.15) is 32.8 Å². The number of benzene rings is 1. The molecule has 2 fully saturated rings. The van der Waals surface area contributed by atoms with E-state index >= 15 is 0 Å². The molecule has 0 bridgehead atoms. The Labute approximate surface area is 147 Å². The van der Waals surface area contributed by atoms with Crippen molar-refractivity contribution in [1.82, 2.24) is 10.0 Å². The van der Waals surface area contributed by atoms with Gasteiger partial charge in [-0.3, -0.25) is 9.59 Å². The molecule has 0 N–H and O–H groups in total. The summed E-state index contributed by atoms with van der Waals surface area (Å²) in [5.41, 5.74) is -0.843. The van der Waals surface area contributed by atoms with Crippen LogP contribution in [-0.2, 0) is 16.1 Å². The van der Waals surface area contributed by atoms with Crippen molar-refractivity contribution in [2.24, 2.45) is 17.3 Å². The number of carbonyl (C=O) groups is 2.